The number of carbonyl (C=O) groups excluding carboxylic acids is 1. The van der Waals surface area contributed by atoms with Crippen molar-refractivity contribution in [3.05, 3.63) is 0 Å². The van der Waals surface area contributed by atoms with Crippen molar-refractivity contribution in [2.75, 3.05) is 13.2 Å². The molecule has 0 fully saturated rings. The van der Waals surface area contributed by atoms with E-state index in [1.807, 2.05) is 13.8 Å². The van der Waals surface area contributed by atoms with E-state index in [4.69, 9.17) is 4.74 Å². The fraction of sp³-hybridized carbons (Fsp3) is 0.900. The van der Waals surface area contributed by atoms with Crippen molar-refractivity contribution >= 4 is 5.97 Å². The summed E-state index contributed by atoms with van der Waals surface area (Å²) in [6, 6.07) is -0.186. The SMILES string of the molecule is CCOC(=O)C(C)NCC(C)CC. The maximum Gasteiger partial charge on any atom is 0.322 e. The van der Waals surface area contributed by atoms with Crippen LogP contribution in [0.15, 0.2) is 0 Å². The molecule has 2 unspecified atom stereocenters. The van der Waals surface area contributed by atoms with Gasteiger partial charge in [0, 0.05) is 0 Å². The van der Waals surface area contributed by atoms with Gasteiger partial charge in [0.25, 0.3) is 0 Å². The van der Waals surface area contributed by atoms with Crippen molar-refractivity contribution in [2.24, 2.45) is 5.92 Å². The molecule has 0 aromatic rings. The minimum absolute atomic E-state index is 0.161. The van der Waals surface area contributed by atoms with Crippen molar-refractivity contribution in [3.63, 3.8) is 0 Å². The molecule has 0 aliphatic carbocycles. The third kappa shape index (κ3) is 5.64. The molecule has 0 aromatic carbocycles. The smallest absolute Gasteiger partial charge is 0.322 e. The van der Waals surface area contributed by atoms with E-state index in [1.54, 1.807) is 0 Å². The number of hydrogen-bond acceptors (Lipinski definition) is 3. The fourth-order valence-corrected chi connectivity index (χ4v) is 0.873. The Kier molecular flexibility index (Phi) is 6.59. The van der Waals surface area contributed by atoms with Crippen LogP contribution in [0.1, 0.15) is 34.1 Å². The minimum Gasteiger partial charge on any atom is -0.465 e. The third-order valence-electron chi connectivity index (χ3n) is 2.11. The van der Waals surface area contributed by atoms with Crippen LogP contribution in [0.25, 0.3) is 0 Å². The van der Waals surface area contributed by atoms with Gasteiger partial charge in [0.2, 0.25) is 0 Å². The first-order valence-electron chi connectivity index (χ1n) is 5.01. The summed E-state index contributed by atoms with van der Waals surface area (Å²) in [4.78, 5) is 11.2. The highest BCUT2D eigenvalue weighted by molar-refractivity contribution is 5.75. The largest absolute Gasteiger partial charge is 0.465 e. The van der Waals surface area contributed by atoms with Gasteiger partial charge in [0.1, 0.15) is 6.04 Å². The van der Waals surface area contributed by atoms with Crippen molar-refractivity contribution in [1.29, 1.82) is 0 Å². The Morgan fingerprint density at radius 1 is 1.38 bits per heavy atom. The summed E-state index contributed by atoms with van der Waals surface area (Å²) >= 11 is 0. The summed E-state index contributed by atoms with van der Waals surface area (Å²) < 4.78 is 4.87. The lowest BCUT2D eigenvalue weighted by atomic mass is 10.1. The van der Waals surface area contributed by atoms with E-state index >= 15 is 0 Å². The molecule has 2 atom stereocenters. The van der Waals surface area contributed by atoms with Crippen molar-refractivity contribution in [3.8, 4) is 0 Å². The van der Waals surface area contributed by atoms with Gasteiger partial charge in [-0.25, -0.2) is 0 Å². The van der Waals surface area contributed by atoms with Crippen LogP contribution < -0.4 is 5.32 Å². The number of esters is 1. The average Bonchev–Trinajstić information content (AvgIpc) is 2.13. The van der Waals surface area contributed by atoms with Gasteiger partial charge in [-0.1, -0.05) is 20.3 Å². The first-order chi connectivity index (χ1) is 6.11. The molecule has 78 valence electrons. The number of rotatable bonds is 6. The molecule has 0 aromatic heterocycles. The zero-order chi connectivity index (χ0) is 10.3. The van der Waals surface area contributed by atoms with Crippen molar-refractivity contribution < 1.29 is 9.53 Å². The summed E-state index contributed by atoms with van der Waals surface area (Å²) in [5.41, 5.74) is 0. The Hall–Kier alpha value is -0.570. The molecule has 3 heteroatoms. The quantitative estimate of drug-likeness (QED) is 0.641. The lowest BCUT2D eigenvalue weighted by molar-refractivity contribution is -0.145. The third-order valence-corrected chi connectivity index (χ3v) is 2.11. The van der Waals surface area contributed by atoms with Crippen LogP contribution in [0, 0.1) is 5.92 Å². The lowest BCUT2D eigenvalue weighted by Crippen LogP contribution is -2.37. The van der Waals surface area contributed by atoms with Crippen LogP contribution in [0.5, 0.6) is 0 Å². The Bertz CT molecular complexity index is 148. The summed E-state index contributed by atoms with van der Waals surface area (Å²) in [7, 11) is 0. The molecule has 0 saturated carbocycles. The molecule has 0 saturated heterocycles. The highest BCUT2D eigenvalue weighted by Gasteiger charge is 2.13. The normalized spacial score (nSPS) is 15.1. The van der Waals surface area contributed by atoms with Crippen LogP contribution in [0.3, 0.4) is 0 Å². The van der Waals surface area contributed by atoms with E-state index < -0.39 is 0 Å². The van der Waals surface area contributed by atoms with Crippen LogP contribution >= 0.6 is 0 Å². The van der Waals surface area contributed by atoms with Crippen molar-refractivity contribution in [1.82, 2.24) is 5.32 Å². The molecule has 3 nitrogen and oxygen atoms in total. The van der Waals surface area contributed by atoms with Crippen LogP contribution in [0.2, 0.25) is 0 Å². The van der Waals surface area contributed by atoms with Gasteiger partial charge in [0.05, 0.1) is 6.61 Å². The topological polar surface area (TPSA) is 38.3 Å². The second-order valence-corrected chi connectivity index (χ2v) is 3.40. The molecule has 0 rings (SSSR count). The lowest BCUT2D eigenvalue weighted by Gasteiger charge is -2.15. The number of carbonyl (C=O) groups is 1. The highest BCUT2D eigenvalue weighted by Crippen LogP contribution is 1.98. The molecule has 0 radical (unpaired) electrons. The van der Waals surface area contributed by atoms with E-state index in [-0.39, 0.29) is 12.0 Å². The zero-order valence-corrected chi connectivity index (χ0v) is 9.09. The Labute approximate surface area is 80.8 Å². The van der Waals surface area contributed by atoms with Crippen LogP contribution in [-0.2, 0) is 9.53 Å². The van der Waals surface area contributed by atoms with Crippen LogP contribution in [-0.4, -0.2) is 25.2 Å². The van der Waals surface area contributed by atoms with Gasteiger partial charge >= 0.3 is 5.97 Å². The monoisotopic (exact) mass is 187 g/mol. The van der Waals surface area contributed by atoms with Gasteiger partial charge in [0.15, 0.2) is 0 Å². The molecular weight excluding hydrogens is 166 g/mol. The molecule has 0 bridgehead atoms. The predicted molar refractivity (Wildman–Crippen MR) is 53.6 cm³/mol. The van der Waals surface area contributed by atoms with Gasteiger partial charge < -0.3 is 10.1 Å². The van der Waals surface area contributed by atoms with Gasteiger partial charge in [-0.2, -0.15) is 0 Å². The molecule has 0 spiro atoms. The standard InChI is InChI=1S/C10H21NO2/c1-5-8(3)7-11-9(4)10(12)13-6-2/h8-9,11H,5-7H2,1-4H3. The average molecular weight is 187 g/mol. The second-order valence-electron chi connectivity index (χ2n) is 3.40. The van der Waals surface area contributed by atoms with E-state index in [0.717, 1.165) is 13.0 Å². The summed E-state index contributed by atoms with van der Waals surface area (Å²) in [5, 5.41) is 3.14. The molecular formula is C10H21NO2. The number of hydrogen-bond donors (Lipinski definition) is 1. The van der Waals surface area contributed by atoms with E-state index in [0.29, 0.717) is 12.5 Å². The second kappa shape index (κ2) is 6.89. The summed E-state index contributed by atoms with van der Waals surface area (Å²) in [5.74, 6) is 0.447. The Morgan fingerprint density at radius 3 is 2.46 bits per heavy atom. The number of nitrogens with one attached hydrogen (secondary N) is 1. The fourth-order valence-electron chi connectivity index (χ4n) is 0.873. The van der Waals surface area contributed by atoms with Gasteiger partial charge in [-0.3, -0.25) is 4.79 Å². The maximum atomic E-state index is 11.2. The van der Waals surface area contributed by atoms with Crippen LogP contribution in [0.4, 0.5) is 0 Å². The van der Waals surface area contributed by atoms with E-state index in [1.165, 1.54) is 0 Å². The first-order valence-corrected chi connectivity index (χ1v) is 5.01. The van der Waals surface area contributed by atoms with Gasteiger partial charge in [-0.05, 0) is 26.3 Å². The zero-order valence-electron chi connectivity index (χ0n) is 9.09. The molecule has 0 aliphatic rings. The molecule has 13 heavy (non-hydrogen) atoms. The van der Waals surface area contributed by atoms with E-state index in [2.05, 4.69) is 19.2 Å². The van der Waals surface area contributed by atoms with Crippen molar-refractivity contribution in [2.45, 2.75) is 40.2 Å². The molecule has 0 heterocycles. The summed E-state index contributed by atoms with van der Waals surface area (Å²) in [6.07, 6.45) is 1.13. The molecule has 0 aliphatic heterocycles. The predicted octanol–water partition coefficient (Wildman–Crippen LogP) is 1.57. The Balaban J connectivity index is 3.60. The molecule has 0 amide bonds. The first kappa shape index (κ1) is 12.4. The Morgan fingerprint density at radius 2 is 2.00 bits per heavy atom. The minimum atomic E-state index is -0.186. The van der Waals surface area contributed by atoms with Gasteiger partial charge in [-0.15, -0.1) is 0 Å². The highest BCUT2D eigenvalue weighted by atomic mass is 16.5. The maximum absolute atomic E-state index is 11.2. The summed E-state index contributed by atoms with van der Waals surface area (Å²) in [6.45, 7) is 9.27. The number of ether oxygens (including phenoxy) is 1. The van der Waals surface area contributed by atoms with E-state index in [9.17, 15) is 4.79 Å². The molecule has 1 N–H and O–H groups in total.